The van der Waals surface area contributed by atoms with Gasteiger partial charge in [-0.2, -0.15) is 0 Å². The zero-order valence-corrected chi connectivity index (χ0v) is 18.3. The minimum Gasteiger partial charge on any atom is -0.355 e. The fourth-order valence-electron chi connectivity index (χ4n) is 3.68. The van der Waals surface area contributed by atoms with Gasteiger partial charge in [0.1, 0.15) is 4.83 Å². The Hall–Kier alpha value is -1.34. The van der Waals surface area contributed by atoms with E-state index in [0.717, 1.165) is 27.2 Å². The Labute approximate surface area is 169 Å². The van der Waals surface area contributed by atoms with E-state index in [1.54, 1.807) is 15.9 Å². The van der Waals surface area contributed by atoms with E-state index in [1.807, 2.05) is 27.7 Å². The largest absolute Gasteiger partial charge is 0.355 e. The van der Waals surface area contributed by atoms with Crippen molar-refractivity contribution >= 4 is 39.2 Å². The van der Waals surface area contributed by atoms with Crippen LogP contribution in [-0.4, -0.2) is 27.8 Å². The van der Waals surface area contributed by atoms with Crippen molar-refractivity contribution in [1.29, 1.82) is 0 Å². The van der Waals surface area contributed by atoms with E-state index in [2.05, 4.69) is 5.32 Å². The summed E-state index contributed by atoms with van der Waals surface area (Å²) in [6.45, 7) is 8.74. The molecule has 1 aliphatic carbocycles. The molecule has 1 N–H and O–H groups in total. The van der Waals surface area contributed by atoms with Crippen molar-refractivity contribution in [2.75, 3.05) is 12.3 Å². The molecular formula is C20H29N3O2S2. The van der Waals surface area contributed by atoms with E-state index in [-0.39, 0.29) is 17.5 Å². The quantitative estimate of drug-likeness (QED) is 0.568. The van der Waals surface area contributed by atoms with E-state index < -0.39 is 0 Å². The molecule has 3 rings (SSSR count). The maximum atomic E-state index is 13.0. The second-order valence-corrected chi connectivity index (χ2v) is 9.87. The van der Waals surface area contributed by atoms with E-state index >= 15 is 0 Å². The molecular weight excluding hydrogens is 378 g/mol. The van der Waals surface area contributed by atoms with Crippen LogP contribution in [0.4, 0.5) is 0 Å². The maximum Gasteiger partial charge on any atom is 0.263 e. The Morgan fingerprint density at radius 3 is 2.67 bits per heavy atom. The molecule has 0 aromatic carbocycles. The van der Waals surface area contributed by atoms with E-state index in [9.17, 15) is 9.59 Å². The zero-order chi connectivity index (χ0) is 19.6. The minimum absolute atomic E-state index is 0.00167. The number of aromatic nitrogens is 2. The Morgan fingerprint density at radius 1 is 1.30 bits per heavy atom. The standard InChI is InChI=1S/C20H29N3O2S2/c1-12(2)23-19(25)17-13(3)14(4)27-18(17)22-20(23)26-11-16(24)21-10-15-8-6-5-7-9-15/h12,15H,5-11H2,1-4H3,(H,21,24). The van der Waals surface area contributed by atoms with Crippen LogP contribution < -0.4 is 10.9 Å². The number of nitrogens with one attached hydrogen (secondary N) is 1. The fraction of sp³-hybridized carbons (Fsp3) is 0.650. The lowest BCUT2D eigenvalue weighted by Crippen LogP contribution is -2.32. The highest BCUT2D eigenvalue weighted by atomic mass is 32.2. The molecule has 0 spiro atoms. The highest BCUT2D eigenvalue weighted by Crippen LogP contribution is 2.29. The summed E-state index contributed by atoms with van der Waals surface area (Å²) in [5.74, 6) is 0.933. The predicted molar refractivity (Wildman–Crippen MR) is 114 cm³/mol. The molecule has 0 bridgehead atoms. The smallest absolute Gasteiger partial charge is 0.263 e. The van der Waals surface area contributed by atoms with Gasteiger partial charge >= 0.3 is 0 Å². The van der Waals surface area contributed by atoms with Crippen LogP contribution in [0.3, 0.4) is 0 Å². The lowest BCUT2D eigenvalue weighted by atomic mass is 9.89. The van der Waals surface area contributed by atoms with Crippen molar-refractivity contribution in [3.05, 3.63) is 20.8 Å². The van der Waals surface area contributed by atoms with Crippen molar-refractivity contribution in [2.45, 2.75) is 71.0 Å². The van der Waals surface area contributed by atoms with Gasteiger partial charge < -0.3 is 5.32 Å². The number of carbonyl (C=O) groups is 1. The van der Waals surface area contributed by atoms with Crippen LogP contribution in [0.15, 0.2) is 9.95 Å². The number of aryl methyl sites for hydroxylation is 2. The van der Waals surface area contributed by atoms with Crippen LogP contribution in [0, 0.1) is 19.8 Å². The first-order chi connectivity index (χ1) is 12.9. The van der Waals surface area contributed by atoms with Gasteiger partial charge in [-0.3, -0.25) is 14.2 Å². The fourth-order valence-corrected chi connectivity index (χ4v) is 5.70. The van der Waals surface area contributed by atoms with Crippen molar-refractivity contribution < 1.29 is 4.79 Å². The first-order valence-electron chi connectivity index (χ1n) is 9.80. The minimum atomic E-state index is 0.00167. The van der Waals surface area contributed by atoms with E-state index in [1.165, 1.54) is 43.9 Å². The van der Waals surface area contributed by atoms with Crippen molar-refractivity contribution in [1.82, 2.24) is 14.9 Å². The molecule has 1 fully saturated rings. The molecule has 0 aliphatic heterocycles. The van der Waals surface area contributed by atoms with Crippen LogP contribution in [0.25, 0.3) is 10.2 Å². The molecule has 27 heavy (non-hydrogen) atoms. The number of thiophene rings is 1. The lowest BCUT2D eigenvalue weighted by Gasteiger charge is -2.21. The predicted octanol–water partition coefficient (Wildman–Crippen LogP) is 4.44. The molecule has 0 saturated heterocycles. The van der Waals surface area contributed by atoms with Gasteiger partial charge in [-0.15, -0.1) is 11.3 Å². The van der Waals surface area contributed by atoms with Gasteiger partial charge in [-0.1, -0.05) is 31.0 Å². The van der Waals surface area contributed by atoms with Gasteiger partial charge in [-0.25, -0.2) is 4.98 Å². The highest BCUT2D eigenvalue weighted by Gasteiger charge is 2.19. The molecule has 1 saturated carbocycles. The summed E-state index contributed by atoms with van der Waals surface area (Å²) in [5, 5.41) is 4.42. The number of amides is 1. The van der Waals surface area contributed by atoms with Crippen LogP contribution in [-0.2, 0) is 4.79 Å². The summed E-state index contributed by atoms with van der Waals surface area (Å²) in [6.07, 6.45) is 6.31. The number of hydrogen-bond donors (Lipinski definition) is 1. The van der Waals surface area contributed by atoms with Crippen molar-refractivity contribution in [2.24, 2.45) is 5.92 Å². The zero-order valence-electron chi connectivity index (χ0n) is 16.6. The molecule has 0 unspecified atom stereocenters. The molecule has 2 aromatic rings. The summed E-state index contributed by atoms with van der Waals surface area (Å²) in [5.41, 5.74) is 1.02. The third-order valence-electron chi connectivity index (χ3n) is 5.36. The third-order valence-corrected chi connectivity index (χ3v) is 7.42. The molecule has 148 valence electrons. The summed E-state index contributed by atoms with van der Waals surface area (Å²) < 4.78 is 1.72. The second kappa shape index (κ2) is 8.78. The molecule has 1 amide bonds. The van der Waals surface area contributed by atoms with Crippen molar-refractivity contribution in [3.8, 4) is 0 Å². The summed E-state index contributed by atoms with van der Waals surface area (Å²) >= 11 is 2.91. The van der Waals surface area contributed by atoms with Crippen LogP contribution in [0.5, 0.6) is 0 Å². The number of hydrogen-bond acceptors (Lipinski definition) is 5. The Morgan fingerprint density at radius 2 is 2.00 bits per heavy atom. The number of fused-ring (bicyclic) bond motifs is 1. The van der Waals surface area contributed by atoms with Gasteiger partial charge in [0.15, 0.2) is 5.16 Å². The van der Waals surface area contributed by atoms with Gasteiger partial charge in [0, 0.05) is 17.5 Å². The van der Waals surface area contributed by atoms with Crippen LogP contribution in [0.2, 0.25) is 0 Å². The topological polar surface area (TPSA) is 64.0 Å². The number of thioether (sulfide) groups is 1. The summed E-state index contributed by atoms with van der Waals surface area (Å²) in [6, 6.07) is 0.00167. The third kappa shape index (κ3) is 4.57. The molecule has 1 aliphatic rings. The Balaban J connectivity index is 1.73. The van der Waals surface area contributed by atoms with Gasteiger partial charge in [0.2, 0.25) is 5.91 Å². The summed E-state index contributed by atoms with van der Waals surface area (Å²) in [4.78, 5) is 31.9. The number of rotatable bonds is 6. The monoisotopic (exact) mass is 407 g/mol. The number of nitrogens with zero attached hydrogens (tertiary/aromatic N) is 2. The average Bonchev–Trinajstić information content (AvgIpc) is 2.93. The lowest BCUT2D eigenvalue weighted by molar-refractivity contribution is -0.118. The second-order valence-electron chi connectivity index (χ2n) is 7.72. The molecule has 2 aromatic heterocycles. The average molecular weight is 408 g/mol. The SMILES string of the molecule is Cc1sc2nc(SCC(=O)NCC3CCCCC3)n(C(C)C)c(=O)c2c1C. The molecule has 0 radical (unpaired) electrons. The maximum absolute atomic E-state index is 13.0. The Kier molecular flexibility index (Phi) is 6.63. The van der Waals surface area contributed by atoms with E-state index in [4.69, 9.17) is 4.98 Å². The van der Waals surface area contributed by atoms with Crippen molar-refractivity contribution in [3.63, 3.8) is 0 Å². The van der Waals surface area contributed by atoms with E-state index in [0.29, 0.717) is 16.8 Å². The summed E-state index contributed by atoms with van der Waals surface area (Å²) in [7, 11) is 0. The van der Waals surface area contributed by atoms with Gasteiger partial charge in [0.05, 0.1) is 11.1 Å². The molecule has 7 heteroatoms. The first kappa shape index (κ1) is 20.4. The van der Waals surface area contributed by atoms with Gasteiger partial charge in [-0.05, 0) is 52.0 Å². The van der Waals surface area contributed by atoms with Crippen LogP contribution >= 0.6 is 23.1 Å². The van der Waals surface area contributed by atoms with Gasteiger partial charge in [0.25, 0.3) is 5.56 Å². The normalized spacial score (nSPS) is 15.6. The molecule has 0 atom stereocenters. The van der Waals surface area contributed by atoms with Crippen LogP contribution in [0.1, 0.15) is 62.4 Å². The Bertz CT molecular complexity index is 879. The molecule has 2 heterocycles. The number of carbonyl (C=O) groups excluding carboxylic acids is 1. The molecule has 5 nitrogen and oxygen atoms in total. The highest BCUT2D eigenvalue weighted by molar-refractivity contribution is 7.99. The first-order valence-corrected chi connectivity index (χ1v) is 11.6.